The second-order valence-electron chi connectivity index (χ2n) is 11.0. The summed E-state index contributed by atoms with van der Waals surface area (Å²) in [6.45, 7) is 5.82. The molecule has 0 atom stereocenters. The van der Waals surface area contributed by atoms with Crippen molar-refractivity contribution in [3.63, 3.8) is 0 Å². The number of aryl methyl sites for hydroxylation is 2. The van der Waals surface area contributed by atoms with Crippen LogP contribution in [0.25, 0.3) is 33.6 Å². The molecule has 0 unspecified atom stereocenters. The molecule has 8 heteroatoms. The van der Waals surface area contributed by atoms with Crippen LogP contribution < -0.4 is 4.74 Å². The summed E-state index contributed by atoms with van der Waals surface area (Å²) in [5.74, 6) is -3.01. The Balaban J connectivity index is 1.28. The Bertz CT molecular complexity index is 1800. The van der Waals surface area contributed by atoms with E-state index in [0.717, 1.165) is 73.9 Å². The molecule has 5 aromatic rings. The average Bonchev–Trinajstić information content (AvgIpc) is 3.04. The van der Waals surface area contributed by atoms with Crippen LogP contribution in [0.2, 0.25) is 0 Å². The fourth-order valence-electron chi connectivity index (χ4n) is 5.14. The molecular formula is C38H33F5N2O. The summed E-state index contributed by atoms with van der Waals surface area (Å²) in [6.07, 6.45) is 6.68. The van der Waals surface area contributed by atoms with E-state index in [2.05, 4.69) is 23.5 Å². The maximum Gasteiger partial charge on any atom is 0.429 e. The number of benzene rings is 4. The quantitative estimate of drug-likeness (QED) is 0.0739. The topological polar surface area (TPSA) is 35.0 Å². The molecule has 1 heterocycles. The molecule has 46 heavy (non-hydrogen) atoms. The van der Waals surface area contributed by atoms with E-state index in [1.165, 1.54) is 18.2 Å². The van der Waals surface area contributed by atoms with Crippen molar-refractivity contribution in [1.29, 1.82) is 0 Å². The molecule has 0 N–H and O–H groups in total. The number of aromatic nitrogens is 2. The normalized spacial score (nSPS) is 11.4. The molecule has 0 saturated carbocycles. The zero-order valence-electron chi connectivity index (χ0n) is 25.4. The zero-order valence-corrected chi connectivity index (χ0v) is 25.4. The summed E-state index contributed by atoms with van der Waals surface area (Å²) in [4.78, 5) is 8.49. The lowest BCUT2D eigenvalue weighted by molar-refractivity contribution is -0.187. The van der Waals surface area contributed by atoms with Gasteiger partial charge in [0.2, 0.25) is 0 Å². The van der Waals surface area contributed by atoms with Gasteiger partial charge < -0.3 is 4.74 Å². The van der Waals surface area contributed by atoms with Gasteiger partial charge in [-0.1, -0.05) is 68.3 Å². The Morgan fingerprint density at radius 3 is 1.98 bits per heavy atom. The summed E-state index contributed by atoms with van der Waals surface area (Å²) < 4.78 is 80.0. The van der Waals surface area contributed by atoms with E-state index in [1.54, 1.807) is 24.5 Å². The first kappa shape index (κ1) is 32.5. The predicted molar refractivity (Wildman–Crippen MR) is 171 cm³/mol. The van der Waals surface area contributed by atoms with E-state index in [-0.39, 0.29) is 22.5 Å². The van der Waals surface area contributed by atoms with Gasteiger partial charge in [-0.25, -0.2) is 23.1 Å². The molecule has 1 aromatic heterocycles. The van der Waals surface area contributed by atoms with Crippen molar-refractivity contribution in [3.8, 4) is 39.4 Å². The highest BCUT2D eigenvalue weighted by Crippen LogP contribution is 2.37. The second kappa shape index (κ2) is 14.5. The molecule has 0 amide bonds. The minimum atomic E-state index is -4.12. The summed E-state index contributed by atoms with van der Waals surface area (Å²) in [5.41, 5.74) is 2.47. The Morgan fingerprint density at radius 2 is 1.33 bits per heavy atom. The van der Waals surface area contributed by atoms with Crippen LogP contribution in [0.15, 0.2) is 104 Å². The lowest BCUT2D eigenvalue weighted by atomic mass is 9.98. The molecule has 3 nitrogen and oxygen atoms in total. The molecule has 0 spiro atoms. The largest absolute Gasteiger partial charge is 0.429 e. The molecule has 0 aliphatic carbocycles. The van der Waals surface area contributed by atoms with E-state index >= 15 is 17.6 Å². The Morgan fingerprint density at radius 1 is 0.696 bits per heavy atom. The number of rotatable bonds is 13. The molecule has 5 rings (SSSR count). The Kier molecular flexibility index (Phi) is 10.3. The fraction of sp³-hybridized carbons (Fsp3) is 0.211. The summed E-state index contributed by atoms with van der Waals surface area (Å²) in [7, 11) is 0. The highest BCUT2D eigenvalue weighted by atomic mass is 19.3. The number of alkyl halides is 2. The molecule has 0 radical (unpaired) electrons. The minimum Gasteiger partial charge on any atom is -0.429 e. The van der Waals surface area contributed by atoms with E-state index in [0.29, 0.717) is 11.1 Å². The van der Waals surface area contributed by atoms with Crippen LogP contribution in [0.4, 0.5) is 22.0 Å². The molecule has 0 fully saturated rings. The van der Waals surface area contributed by atoms with Gasteiger partial charge in [-0.15, -0.1) is 6.58 Å². The Hall–Kier alpha value is -4.85. The first-order valence-corrected chi connectivity index (χ1v) is 15.2. The average molecular weight is 629 g/mol. The van der Waals surface area contributed by atoms with Gasteiger partial charge in [-0.2, -0.15) is 8.78 Å². The van der Waals surface area contributed by atoms with Gasteiger partial charge in [0.1, 0.15) is 23.2 Å². The zero-order chi connectivity index (χ0) is 32.7. The molecule has 0 bridgehead atoms. The van der Waals surface area contributed by atoms with Crippen molar-refractivity contribution in [1.82, 2.24) is 9.97 Å². The van der Waals surface area contributed by atoms with Gasteiger partial charge in [-0.3, -0.25) is 0 Å². The SMILES string of the molecule is C=CCCc1ccc(-c2ccc(-c3ccc(OC(F)(F)c4ccc(-c5ncc(CCCCC)cn5)cc4F)cc3F)cc2F)cc1. The molecule has 236 valence electrons. The monoisotopic (exact) mass is 628 g/mol. The molecule has 0 saturated heterocycles. The van der Waals surface area contributed by atoms with E-state index in [4.69, 9.17) is 4.74 Å². The summed E-state index contributed by atoms with van der Waals surface area (Å²) >= 11 is 0. The smallest absolute Gasteiger partial charge is 0.429 e. The van der Waals surface area contributed by atoms with Crippen LogP contribution in [-0.4, -0.2) is 9.97 Å². The van der Waals surface area contributed by atoms with Crippen LogP contribution in [-0.2, 0) is 19.0 Å². The fourth-order valence-corrected chi connectivity index (χ4v) is 5.14. The van der Waals surface area contributed by atoms with Gasteiger partial charge >= 0.3 is 6.11 Å². The van der Waals surface area contributed by atoms with E-state index < -0.39 is 34.9 Å². The minimum absolute atomic E-state index is 0.00666. The van der Waals surface area contributed by atoms with Crippen molar-refractivity contribution in [3.05, 3.63) is 138 Å². The maximum absolute atomic E-state index is 15.1. The maximum atomic E-state index is 15.1. The number of hydrogen-bond donors (Lipinski definition) is 0. The second-order valence-corrected chi connectivity index (χ2v) is 11.0. The van der Waals surface area contributed by atoms with Crippen LogP contribution in [0.3, 0.4) is 0 Å². The van der Waals surface area contributed by atoms with Crippen LogP contribution in [0, 0.1) is 17.5 Å². The van der Waals surface area contributed by atoms with E-state index in [9.17, 15) is 4.39 Å². The number of nitrogens with zero attached hydrogens (tertiary/aromatic N) is 2. The van der Waals surface area contributed by atoms with Crippen molar-refractivity contribution in [2.24, 2.45) is 0 Å². The number of hydrogen-bond acceptors (Lipinski definition) is 3. The van der Waals surface area contributed by atoms with Crippen molar-refractivity contribution in [2.75, 3.05) is 0 Å². The third kappa shape index (κ3) is 7.68. The lowest BCUT2D eigenvalue weighted by Crippen LogP contribution is -2.23. The third-order valence-corrected chi connectivity index (χ3v) is 7.68. The van der Waals surface area contributed by atoms with Crippen LogP contribution in [0.5, 0.6) is 5.75 Å². The van der Waals surface area contributed by atoms with Crippen molar-refractivity contribution >= 4 is 0 Å². The number of halogens is 5. The number of allylic oxidation sites excluding steroid dienone is 1. The van der Waals surface area contributed by atoms with Crippen molar-refractivity contribution in [2.45, 2.75) is 51.6 Å². The predicted octanol–water partition coefficient (Wildman–Crippen LogP) is 10.9. The third-order valence-electron chi connectivity index (χ3n) is 7.68. The van der Waals surface area contributed by atoms with Crippen molar-refractivity contribution < 1.29 is 26.7 Å². The lowest BCUT2D eigenvalue weighted by Gasteiger charge is -2.19. The highest BCUT2D eigenvalue weighted by molar-refractivity contribution is 5.72. The number of ether oxygens (including phenoxy) is 1. The standard InChI is InChI=1S/C38H33F5N2O/c1-3-5-7-9-26-23-44-37(45-24-26)29-15-19-33(36(41)21-29)38(42,43)46-30-16-18-32(35(40)22-30)28-14-17-31(34(39)20-28)27-12-10-25(11-13-27)8-6-4-2/h4,10-24H,2-3,5-9H2,1H3. The van der Waals surface area contributed by atoms with Gasteiger partial charge in [0, 0.05) is 35.2 Å². The Labute approximate surface area is 265 Å². The molecule has 4 aromatic carbocycles. The molecular weight excluding hydrogens is 595 g/mol. The van der Waals surface area contributed by atoms with E-state index in [1.807, 2.05) is 30.3 Å². The van der Waals surface area contributed by atoms with Crippen LogP contribution in [0.1, 0.15) is 49.3 Å². The first-order valence-electron chi connectivity index (χ1n) is 15.2. The number of unbranched alkanes of at least 4 members (excludes halogenated alkanes) is 2. The van der Waals surface area contributed by atoms with Gasteiger partial charge in [0.15, 0.2) is 5.82 Å². The first-order chi connectivity index (χ1) is 22.2. The summed E-state index contributed by atoms with van der Waals surface area (Å²) in [5, 5.41) is 0. The molecule has 0 aliphatic rings. The summed E-state index contributed by atoms with van der Waals surface area (Å²) in [6, 6.07) is 18.0. The highest BCUT2D eigenvalue weighted by Gasteiger charge is 2.38. The van der Waals surface area contributed by atoms with Crippen LogP contribution >= 0.6 is 0 Å². The van der Waals surface area contributed by atoms with Gasteiger partial charge in [-0.05, 0) is 78.3 Å². The van der Waals surface area contributed by atoms with Gasteiger partial charge in [0.25, 0.3) is 0 Å². The molecule has 0 aliphatic heterocycles. The van der Waals surface area contributed by atoms with Gasteiger partial charge in [0.05, 0.1) is 5.56 Å².